The van der Waals surface area contributed by atoms with Crippen LogP contribution in [0.5, 0.6) is 5.75 Å². The van der Waals surface area contributed by atoms with E-state index >= 15 is 0 Å². The van der Waals surface area contributed by atoms with Gasteiger partial charge in [-0.1, -0.05) is 42.5 Å². The minimum atomic E-state index is -4.79. The van der Waals surface area contributed by atoms with Crippen LogP contribution in [0.15, 0.2) is 79.0 Å². The number of carbonyl (C=O) groups is 2. The smallest absolute Gasteiger partial charge is 0.406 e. The summed E-state index contributed by atoms with van der Waals surface area (Å²) in [4.78, 5) is 25.1. The topological polar surface area (TPSA) is 60.3 Å². The Morgan fingerprint density at radius 2 is 1.53 bits per heavy atom. The van der Waals surface area contributed by atoms with E-state index < -0.39 is 12.4 Å². The summed E-state index contributed by atoms with van der Waals surface area (Å²) in [6, 6.07) is 18.8. The maximum absolute atomic E-state index is 13.0. The van der Waals surface area contributed by atoms with Gasteiger partial charge in [-0.05, 0) is 42.8 Å². The summed E-state index contributed by atoms with van der Waals surface area (Å²) in [5.41, 5.74) is 2.88. The van der Waals surface area contributed by atoms with E-state index in [2.05, 4.69) is 10.1 Å². The van der Waals surface area contributed by atoms with E-state index in [1.807, 2.05) is 24.3 Å². The standard InChI is InChI=1S/C24H17F3N2O3/c1-15(30)18-6-2-3-7-19(18)21-14-29(22-9-5-4-8-20(21)22)23(31)28-16-10-12-17(13-11-16)32-24(25,26)27/h2-14H,1H3,(H,28,31). The lowest BCUT2D eigenvalue weighted by atomic mass is 9.97. The largest absolute Gasteiger partial charge is 0.573 e. The highest BCUT2D eigenvalue weighted by Gasteiger charge is 2.31. The zero-order valence-corrected chi connectivity index (χ0v) is 16.8. The average molecular weight is 438 g/mol. The Balaban J connectivity index is 1.69. The van der Waals surface area contributed by atoms with E-state index in [9.17, 15) is 22.8 Å². The zero-order valence-electron chi connectivity index (χ0n) is 16.8. The number of para-hydroxylation sites is 1. The van der Waals surface area contributed by atoms with Crippen molar-refractivity contribution in [1.82, 2.24) is 4.57 Å². The molecular formula is C24H17F3N2O3. The number of fused-ring (bicyclic) bond motifs is 1. The van der Waals surface area contributed by atoms with E-state index in [1.54, 1.807) is 30.5 Å². The van der Waals surface area contributed by atoms with Gasteiger partial charge in [-0.15, -0.1) is 13.2 Å². The predicted octanol–water partition coefficient (Wildman–Crippen LogP) is 6.49. The highest BCUT2D eigenvalue weighted by Crippen LogP contribution is 2.33. The second kappa shape index (κ2) is 8.22. The van der Waals surface area contributed by atoms with Crippen molar-refractivity contribution in [2.24, 2.45) is 0 Å². The van der Waals surface area contributed by atoms with Crippen molar-refractivity contribution in [3.63, 3.8) is 0 Å². The number of alkyl halides is 3. The molecular weight excluding hydrogens is 421 g/mol. The van der Waals surface area contributed by atoms with Crippen molar-refractivity contribution in [2.45, 2.75) is 13.3 Å². The van der Waals surface area contributed by atoms with Crippen LogP contribution >= 0.6 is 0 Å². The molecule has 162 valence electrons. The summed E-state index contributed by atoms with van der Waals surface area (Å²) in [6.07, 6.45) is -3.15. The minimum absolute atomic E-state index is 0.0944. The first-order valence-electron chi connectivity index (χ1n) is 9.60. The summed E-state index contributed by atoms with van der Waals surface area (Å²) < 4.78 is 42.2. The number of ether oxygens (including phenoxy) is 1. The molecule has 0 unspecified atom stereocenters. The Morgan fingerprint density at radius 1 is 0.875 bits per heavy atom. The molecule has 1 N–H and O–H groups in total. The van der Waals surface area contributed by atoms with Crippen molar-refractivity contribution >= 4 is 28.4 Å². The minimum Gasteiger partial charge on any atom is -0.406 e. The van der Waals surface area contributed by atoms with Crippen molar-refractivity contribution in [3.05, 3.63) is 84.6 Å². The molecule has 0 saturated carbocycles. The van der Waals surface area contributed by atoms with Crippen LogP contribution in [0.3, 0.4) is 0 Å². The van der Waals surface area contributed by atoms with Gasteiger partial charge in [0.25, 0.3) is 0 Å². The maximum atomic E-state index is 13.0. The van der Waals surface area contributed by atoms with Crippen LogP contribution < -0.4 is 10.1 Å². The molecule has 4 aromatic rings. The van der Waals surface area contributed by atoms with Crippen molar-refractivity contribution in [1.29, 1.82) is 0 Å². The Labute approximate surface area is 181 Å². The van der Waals surface area contributed by atoms with Crippen LogP contribution in [-0.4, -0.2) is 22.7 Å². The monoisotopic (exact) mass is 438 g/mol. The highest BCUT2D eigenvalue weighted by molar-refractivity contribution is 6.08. The second-order valence-electron chi connectivity index (χ2n) is 7.03. The first kappa shape index (κ1) is 21.2. The van der Waals surface area contributed by atoms with Gasteiger partial charge in [0.05, 0.1) is 5.52 Å². The Morgan fingerprint density at radius 3 is 2.22 bits per heavy atom. The van der Waals surface area contributed by atoms with E-state index in [-0.39, 0.29) is 11.5 Å². The molecule has 1 amide bonds. The summed E-state index contributed by atoms with van der Waals surface area (Å²) in [6.45, 7) is 1.48. The molecule has 1 heterocycles. The van der Waals surface area contributed by atoms with Crippen molar-refractivity contribution in [2.75, 3.05) is 5.32 Å². The second-order valence-corrected chi connectivity index (χ2v) is 7.03. The molecule has 3 aromatic carbocycles. The molecule has 5 nitrogen and oxygen atoms in total. The molecule has 0 bridgehead atoms. The molecule has 0 saturated heterocycles. The molecule has 1 aromatic heterocycles. The molecule has 8 heteroatoms. The molecule has 0 aliphatic heterocycles. The zero-order chi connectivity index (χ0) is 22.9. The van der Waals surface area contributed by atoms with Crippen LogP contribution in [0, 0.1) is 0 Å². The average Bonchev–Trinajstić information content (AvgIpc) is 3.14. The normalized spacial score (nSPS) is 11.4. The number of amides is 1. The number of benzene rings is 3. The van der Waals surface area contributed by atoms with Crippen molar-refractivity contribution in [3.8, 4) is 16.9 Å². The third-order valence-corrected chi connectivity index (χ3v) is 4.87. The Bertz CT molecular complexity index is 1310. The maximum Gasteiger partial charge on any atom is 0.573 e. The lowest BCUT2D eigenvalue weighted by Crippen LogP contribution is -2.19. The summed E-state index contributed by atoms with van der Waals surface area (Å²) in [5, 5.41) is 3.45. The SMILES string of the molecule is CC(=O)c1ccccc1-c1cn(C(=O)Nc2ccc(OC(F)(F)F)cc2)c2ccccc12. The summed E-state index contributed by atoms with van der Waals surface area (Å²) >= 11 is 0. The number of nitrogens with zero attached hydrogens (tertiary/aromatic N) is 1. The molecule has 0 aliphatic carbocycles. The number of hydrogen-bond acceptors (Lipinski definition) is 3. The lowest BCUT2D eigenvalue weighted by Gasteiger charge is -2.10. The van der Waals surface area contributed by atoms with Gasteiger partial charge in [-0.25, -0.2) is 4.79 Å². The molecule has 0 atom stereocenters. The highest BCUT2D eigenvalue weighted by atomic mass is 19.4. The fourth-order valence-corrected chi connectivity index (χ4v) is 3.51. The van der Waals surface area contributed by atoms with Crippen molar-refractivity contribution < 1.29 is 27.5 Å². The van der Waals surface area contributed by atoms with E-state index in [0.29, 0.717) is 22.3 Å². The quantitative estimate of drug-likeness (QED) is 0.371. The van der Waals surface area contributed by atoms with Crippen LogP contribution in [0.25, 0.3) is 22.0 Å². The Kier molecular flexibility index (Phi) is 5.44. The van der Waals surface area contributed by atoms with Gasteiger partial charge in [0.2, 0.25) is 0 Å². The van der Waals surface area contributed by atoms with E-state index in [0.717, 1.165) is 23.1 Å². The lowest BCUT2D eigenvalue weighted by molar-refractivity contribution is -0.274. The number of ketones is 1. The van der Waals surface area contributed by atoms with E-state index in [4.69, 9.17) is 0 Å². The van der Waals surface area contributed by atoms with Gasteiger partial charge in [0.15, 0.2) is 5.78 Å². The number of nitrogens with one attached hydrogen (secondary N) is 1. The third-order valence-electron chi connectivity index (χ3n) is 4.87. The number of carbonyl (C=O) groups excluding carboxylic acids is 2. The van der Waals surface area contributed by atoms with E-state index in [1.165, 1.54) is 23.6 Å². The van der Waals surface area contributed by atoms with Crippen LogP contribution in [-0.2, 0) is 0 Å². The van der Waals surface area contributed by atoms with Gasteiger partial charge in [0, 0.05) is 28.4 Å². The van der Waals surface area contributed by atoms with Gasteiger partial charge in [0.1, 0.15) is 5.75 Å². The van der Waals surface area contributed by atoms with Gasteiger partial charge in [-0.2, -0.15) is 0 Å². The number of aromatic nitrogens is 1. The van der Waals surface area contributed by atoms with Crippen LogP contribution in [0.2, 0.25) is 0 Å². The molecule has 4 rings (SSSR count). The molecule has 0 aliphatic rings. The van der Waals surface area contributed by atoms with Crippen LogP contribution in [0.4, 0.5) is 23.7 Å². The molecule has 0 spiro atoms. The van der Waals surface area contributed by atoms with Gasteiger partial charge < -0.3 is 10.1 Å². The third kappa shape index (κ3) is 4.34. The Hall–Kier alpha value is -4.07. The fraction of sp³-hybridized carbons (Fsp3) is 0.0833. The van der Waals surface area contributed by atoms with Gasteiger partial charge >= 0.3 is 12.4 Å². The fourth-order valence-electron chi connectivity index (χ4n) is 3.51. The number of rotatable bonds is 4. The summed E-state index contributed by atoms with van der Waals surface area (Å²) in [7, 11) is 0. The molecule has 0 fully saturated rings. The first-order chi connectivity index (χ1) is 15.2. The number of Topliss-reactive ketones (excluding diaryl/α,β-unsaturated/α-hetero) is 1. The van der Waals surface area contributed by atoms with Crippen LogP contribution in [0.1, 0.15) is 17.3 Å². The number of halogens is 3. The first-order valence-corrected chi connectivity index (χ1v) is 9.60. The summed E-state index contributed by atoms with van der Waals surface area (Å²) in [5.74, 6) is -0.479. The number of anilines is 1. The molecule has 0 radical (unpaired) electrons. The predicted molar refractivity (Wildman–Crippen MR) is 115 cm³/mol. The molecule has 32 heavy (non-hydrogen) atoms. The number of hydrogen-bond donors (Lipinski definition) is 1. The van der Waals surface area contributed by atoms with Gasteiger partial charge in [-0.3, -0.25) is 9.36 Å².